The van der Waals surface area contributed by atoms with Gasteiger partial charge in [0.2, 0.25) is 0 Å². The molecule has 0 aromatic heterocycles. The van der Waals surface area contributed by atoms with E-state index in [-0.39, 0.29) is 5.69 Å². The van der Waals surface area contributed by atoms with Crippen molar-refractivity contribution in [1.29, 1.82) is 0 Å². The van der Waals surface area contributed by atoms with Crippen molar-refractivity contribution in [2.75, 3.05) is 10.6 Å². The summed E-state index contributed by atoms with van der Waals surface area (Å²) in [6.45, 7) is 0. The third-order valence-electron chi connectivity index (χ3n) is 2.45. The average molecular weight is 337 g/mol. The number of para-hydroxylation sites is 2. The van der Waals surface area contributed by atoms with E-state index in [4.69, 9.17) is 0 Å². The highest BCUT2D eigenvalue weighted by molar-refractivity contribution is 9.10. The van der Waals surface area contributed by atoms with Gasteiger partial charge in [-0.2, -0.15) is 0 Å². The SMILES string of the molecule is O=C(Nc1ccccc1F)C(=O)Nc1ccccc1Br. The Morgan fingerprint density at radius 1 is 0.850 bits per heavy atom. The summed E-state index contributed by atoms with van der Waals surface area (Å²) in [5.41, 5.74) is 0.418. The van der Waals surface area contributed by atoms with E-state index in [0.717, 1.165) is 0 Å². The van der Waals surface area contributed by atoms with Gasteiger partial charge < -0.3 is 10.6 Å². The monoisotopic (exact) mass is 336 g/mol. The van der Waals surface area contributed by atoms with E-state index in [1.807, 2.05) is 0 Å². The lowest BCUT2D eigenvalue weighted by Crippen LogP contribution is -2.29. The second-order valence-electron chi connectivity index (χ2n) is 3.87. The molecule has 2 rings (SSSR count). The largest absolute Gasteiger partial charge is 0.317 e. The molecule has 0 atom stereocenters. The van der Waals surface area contributed by atoms with Crippen LogP contribution in [0.5, 0.6) is 0 Å². The van der Waals surface area contributed by atoms with Crippen LogP contribution in [0.25, 0.3) is 0 Å². The van der Waals surface area contributed by atoms with Gasteiger partial charge in [0, 0.05) is 4.47 Å². The molecule has 0 aliphatic heterocycles. The maximum atomic E-state index is 13.4. The Bertz CT molecular complexity index is 604. The van der Waals surface area contributed by atoms with Gasteiger partial charge in [0.15, 0.2) is 0 Å². The molecule has 0 unspecified atom stereocenters. The Balaban J connectivity index is 2.05. The van der Waals surface area contributed by atoms with Gasteiger partial charge in [-0.15, -0.1) is 0 Å². The maximum Gasteiger partial charge on any atom is 0.314 e. The van der Waals surface area contributed by atoms with Crippen LogP contribution in [0.2, 0.25) is 0 Å². The first-order valence-electron chi connectivity index (χ1n) is 5.69. The summed E-state index contributed by atoms with van der Waals surface area (Å²) in [4.78, 5) is 23.4. The second kappa shape index (κ2) is 6.29. The summed E-state index contributed by atoms with van der Waals surface area (Å²) >= 11 is 3.25. The van der Waals surface area contributed by atoms with Gasteiger partial charge in [0.25, 0.3) is 0 Å². The Hall–Kier alpha value is -2.21. The van der Waals surface area contributed by atoms with Crippen LogP contribution in [-0.2, 0) is 9.59 Å². The summed E-state index contributed by atoms with van der Waals surface area (Å²) in [5.74, 6) is -2.42. The number of carbonyl (C=O) groups is 2. The highest BCUT2D eigenvalue weighted by Gasteiger charge is 2.16. The van der Waals surface area contributed by atoms with E-state index in [1.165, 1.54) is 18.2 Å². The van der Waals surface area contributed by atoms with E-state index in [2.05, 4.69) is 26.6 Å². The molecule has 0 aliphatic carbocycles. The fourth-order valence-corrected chi connectivity index (χ4v) is 1.87. The van der Waals surface area contributed by atoms with Gasteiger partial charge in [-0.1, -0.05) is 24.3 Å². The van der Waals surface area contributed by atoms with Crippen LogP contribution in [0.3, 0.4) is 0 Å². The van der Waals surface area contributed by atoms with E-state index < -0.39 is 17.6 Å². The summed E-state index contributed by atoms with van der Waals surface area (Å²) in [7, 11) is 0. The number of hydrogen-bond donors (Lipinski definition) is 2. The molecule has 0 aliphatic rings. The number of rotatable bonds is 2. The Labute approximate surface area is 123 Å². The topological polar surface area (TPSA) is 58.2 Å². The summed E-state index contributed by atoms with van der Waals surface area (Å²) in [6, 6.07) is 12.5. The first kappa shape index (κ1) is 14.2. The smallest absolute Gasteiger partial charge is 0.314 e. The first-order valence-corrected chi connectivity index (χ1v) is 6.48. The molecule has 0 saturated heterocycles. The Morgan fingerprint density at radius 2 is 1.35 bits per heavy atom. The average Bonchev–Trinajstić information content (AvgIpc) is 2.43. The predicted molar refractivity (Wildman–Crippen MR) is 77.8 cm³/mol. The minimum Gasteiger partial charge on any atom is -0.317 e. The minimum absolute atomic E-state index is 0.0419. The molecule has 0 fully saturated rings. The van der Waals surface area contributed by atoms with Crippen molar-refractivity contribution in [2.24, 2.45) is 0 Å². The maximum absolute atomic E-state index is 13.4. The number of nitrogens with one attached hydrogen (secondary N) is 2. The molecule has 0 saturated carbocycles. The zero-order valence-corrected chi connectivity index (χ0v) is 11.8. The van der Waals surface area contributed by atoms with Crippen LogP contribution >= 0.6 is 15.9 Å². The number of benzene rings is 2. The fraction of sp³-hybridized carbons (Fsp3) is 0. The van der Waals surface area contributed by atoms with Gasteiger partial charge in [0.1, 0.15) is 5.82 Å². The van der Waals surface area contributed by atoms with Gasteiger partial charge >= 0.3 is 11.8 Å². The van der Waals surface area contributed by atoms with E-state index in [9.17, 15) is 14.0 Å². The van der Waals surface area contributed by atoms with E-state index in [0.29, 0.717) is 10.2 Å². The minimum atomic E-state index is -0.939. The first-order chi connectivity index (χ1) is 9.58. The number of halogens is 2. The van der Waals surface area contributed by atoms with Crippen LogP contribution in [0.15, 0.2) is 53.0 Å². The third-order valence-corrected chi connectivity index (χ3v) is 3.14. The predicted octanol–water partition coefficient (Wildman–Crippen LogP) is 3.17. The summed E-state index contributed by atoms with van der Waals surface area (Å²) in [5, 5.41) is 4.64. The molecule has 0 bridgehead atoms. The lowest BCUT2D eigenvalue weighted by molar-refractivity contribution is -0.133. The van der Waals surface area contributed by atoms with Gasteiger partial charge in [-0.25, -0.2) is 4.39 Å². The standard InChI is InChI=1S/C14H10BrFN2O2/c15-9-5-1-3-7-11(9)17-13(19)14(20)18-12-8-4-2-6-10(12)16/h1-8H,(H,17,19)(H,18,20). The molecule has 6 heteroatoms. The Morgan fingerprint density at radius 3 is 1.95 bits per heavy atom. The summed E-state index contributed by atoms with van der Waals surface area (Å²) < 4.78 is 14.0. The van der Waals surface area contributed by atoms with Crippen molar-refractivity contribution >= 4 is 39.1 Å². The molecule has 20 heavy (non-hydrogen) atoms. The van der Waals surface area contributed by atoms with Crippen LogP contribution in [-0.4, -0.2) is 11.8 Å². The highest BCUT2D eigenvalue weighted by Crippen LogP contribution is 2.21. The molecule has 2 amide bonds. The molecule has 2 aromatic rings. The second-order valence-corrected chi connectivity index (χ2v) is 4.72. The molecular formula is C14H10BrFN2O2. The number of hydrogen-bond acceptors (Lipinski definition) is 2. The van der Waals surface area contributed by atoms with Crippen molar-refractivity contribution < 1.29 is 14.0 Å². The molecule has 4 nitrogen and oxygen atoms in total. The van der Waals surface area contributed by atoms with Crippen molar-refractivity contribution in [3.05, 3.63) is 58.8 Å². The molecule has 0 heterocycles. The van der Waals surface area contributed by atoms with Crippen LogP contribution in [0.1, 0.15) is 0 Å². The molecule has 2 aromatic carbocycles. The van der Waals surface area contributed by atoms with Crippen LogP contribution < -0.4 is 10.6 Å². The summed E-state index contributed by atoms with van der Waals surface area (Å²) in [6.07, 6.45) is 0. The van der Waals surface area contributed by atoms with Gasteiger partial charge in [0.05, 0.1) is 11.4 Å². The van der Waals surface area contributed by atoms with Crippen molar-refractivity contribution in [1.82, 2.24) is 0 Å². The Kier molecular flexibility index (Phi) is 4.47. The number of anilines is 2. The zero-order chi connectivity index (χ0) is 14.5. The van der Waals surface area contributed by atoms with Gasteiger partial charge in [-0.05, 0) is 40.2 Å². The van der Waals surface area contributed by atoms with Crippen molar-refractivity contribution in [2.45, 2.75) is 0 Å². The van der Waals surface area contributed by atoms with E-state index >= 15 is 0 Å². The third kappa shape index (κ3) is 3.42. The van der Waals surface area contributed by atoms with E-state index in [1.54, 1.807) is 30.3 Å². The number of amides is 2. The van der Waals surface area contributed by atoms with Crippen molar-refractivity contribution in [3.8, 4) is 0 Å². The molecule has 2 N–H and O–H groups in total. The van der Waals surface area contributed by atoms with Crippen LogP contribution in [0.4, 0.5) is 15.8 Å². The molecule has 102 valence electrons. The molecule has 0 radical (unpaired) electrons. The molecular weight excluding hydrogens is 327 g/mol. The van der Waals surface area contributed by atoms with Gasteiger partial charge in [-0.3, -0.25) is 9.59 Å². The molecule has 0 spiro atoms. The highest BCUT2D eigenvalue weighted by atomic mass is 79.9. The normalized spacial score (nSPS) is 9.90. The zero-order valence-electron chi connectivity index (χ0n) is 10.2. The van der Waals surface area contributed by atoms with Crippen molar-refractivity contribution in [3.63, 3.8) is 0 Å². The van der Waals surface area contributed by atoms with Crippen LogP contribution in [0, 0.1) is 5.82 Å². The lowest BCUT2D eigenvalue weighted by atomic mass is 10.3. The number of carbonyl (C=O) groups excluding carboxylic acids is 2. The fourth-order valence-electron chi connectivity index (χ4n) is 1.48. The quantitative estimate of drug-likeness (QED) is 0.827. The lowest BCUT2D eigenvalue weighted by Gasteiger charge is -2.08.